The Kier molecular flexibility index (Phi) is 89.2. The second kappa shape index (κ2) is 21.0. The van der Waals surface area contributed by atoms with Gasteiger partial charge in [0.1, 0.15) is 0 Å². The van der Waals surface area contributed by atoms with Crippen LogP contribution in [0, 0.1) is 0 Å². The van der Waals surface area contributed by atoms with Gasteiger partial charge in [0.05, 0.1) is 0 Å². The molecule has 0 nitrogen and oxygen atoms in total. The summed E-state index contributed by atoms with van der Waals surface area (Å²) in [6, 6.07) is 0. The van der Waals surface area contributed by atoms with E-state index in [1.165, 1.54) is 0 Å². The zero-order chi connectivity index (χ0) is 2.00. The van der Waals surface area contributed by atoms with Gasteiger partial charge in [0.25, 0.3) is 0 Å². The molecule has 0 amide bonds. The molecule has 0 atom stereocenters. The number of rotatable bonds is 0. The Morgan fingerprint density at radius 2 is 0.750 bits per heavy atom. The van der Waals surface area contributed by atoms with Crippen molar-refractivity contribution in [3.63, 3.8) is 0 Å². The molecule has 0 aromatic heterocycles. The maximum Gasteiger partial charge on any atom is 0 e. The second-order valence-corrected chi connectivity index (χ2v) is 0. The van der Waals surface area contributed by atoms with Crippen LogP contribution < -0.4 is 0 Å². The average Bonchev–Trinajstić information content (AvgIpc) is 1.00. The van der Waals surface area contributed by atoms with Crippen LogP contribution in [-0.4, -0.2) is 54.6 Å². The van der Waals surface area contributed by atoms with Crippen molar-refractivity contribution in [1.82, 2.24) is 0 Å². The molecule has 0 N–H and O–H groups in total. The summed E-state index contributed by atoms with van der Waals surface area (Å²) in [5.74, 6) is 0. The van der Waals surface area contributed by atoms with Gasteiger partial charge in [-0.2, -0.15) is 0 Å². The summed E-state index contributed by atoms with van der Waals surface area (Å²) >= 11 is 0. The first-order valence-electron chi connectivity index (χ1n) is 1.00. The molecule has 0 spiro atoms. The molecule has 0 aromatic rings. The SMILES string of the molecule is CC.[Tl].[Tl]. The zero-order valence-electron chi connectivity index (χ0n) is 3.15. The van der Waals surface area contributed by atoms with Crippen LogP contribution in [0.1, 0.15) is 13.8 Å². The van der Waals surface area contributed by atoms with Crippen LogP contribution >= 0.6 is 0 Å². The molecule has 0 heterocycles. The predicted octanol–water partition coefficient (Wildman–Crippen LogP) is 0.265. The van der Waals surface area contributed by atoms with E-state index in [1.54, 1.807) is 0 Å². The van der Waals surface area contributed by atoms with E-state index in [4.69, 9.17) is 0 Å². The third-order valence-corrected chi connectivity index (χ3v) is 0. The maximum atomic E-state index is 2.00. The largest absolute Gasteiger partial charge is 0.0683 e. The molecule has 20 valence electrons. The van der Waals surface area contributed by atoms with Gasteiger partial charge in [0.2, 0.25) is 0 Å². The summed E-state index contributed by atoms with van der Waals surface area (Å²) in [6.07, 6.45) is 0. The fraction of sp³-hybridized carbons (Fsp3) is 1.00. The van der Waals surface area contributed by atoms with Crippen molar-refractivity contribution in [3.8, 4) is 0 Å². The number of hydrogen-bond donors (Lipinski definition) is 0. The van der Waals surface area contributed by atoms with E-state index in [9.17, 15) is 0 Å². The van der Waals surface area contributed by atoms with Crippen molar-refractivity contribution in [2.45, 2.75) is 13.8 Å². The predicted molar refractivity (Wildman–Crippen MR) is 22.9 cm³/mol. The average molecular weight is 439 g/mol. The van der Waals surface area contributed by atoms with Crippen LogP contribution in [-0.2, 0) is 0 Å². The van der Waals surface area contributed by atoms with Gasteiger partial charge in [-0.1, -0.05) is 13.8 Å². The van der Waals surface area contributed by atoms with Gasteiger partial charge in [-0.05, 0) is 0 Å². The second-order valence-electron chi connectivity index (χ2n) is 0. The first-order valence-corrected chi connectivity index (χ1v) is 1.00. The first-order chi connectivity index (χ1) is 1.00. The summed E-state index contributed by atoms with van der Waals surface area (Å²) in [5.41, 5.74) is 0. The van der Waals surface area contributed by atoms with Gasteiger partial charge in [-0.25, -0.2) is 0 Å². The van der Waals surface area contributed by atoms with E-state index < -0.39 is 0 Å². The molecular formula is C2H6Tl2. The van der Waals surface area contributed by atoms with Gasteiger partial charge < -0.3 is 0 Å². The van der Waals surface area contributed by atoms with Crippen LogP contribution in [0.2, 0.25) is 0 Å². The molecule has 0 aliphatic rings. The Morgan fingerprint density at radius 1 is 0.750 bits per heavy atom. The van der Waals surface area contributed by atoms with E-state index in [-0.39, 0.29) is 54.6 Å². The molecule has 2 heteroatoms. The summed E-state index contributed by atoms with van der Waals surface area (Å²) in [4.78, 5) is 0. The van der Waals surface area contributed by atoms with Crippen molar-refractivity contribution in [2.24, 2.45) is 0 Å². The van der Waals surface area contributed by atoms with E-state index in [0.717, 1.165) is 0 Å². The monoisotopic (exact) mass is 440 g/mol. The molecule has 0 unspecified atom stereocenters. The quantitative estimate of drug-likeness (QED) is 0.476. The molecule has 0 saturated carbocycles. The van der Waals surface area contributed by atoms with Gasteiger partial charge in [-0.15, -0.1) is 0 Å². The zero-order valence-corrected chi connectivity index (χ0v) is 12.1. The fourth-order valence-electron chi connectivity index (χ4n) is 0. The molecule has 0 saturated heterocycles. The van der Waals surface area contributed by atoms with Crippen molar-refractivity contribution >= 4 is 54.6 Å². The van der Waals surface area contributed by atoms with E-state index in [0.29, 0.717) is 0 Å². The van der Waals surface area contributed by atoms with Crippen molar-refractivity contribution in [1.29, 1.82) is 0 Å². The molecule has 0 rings (SSSR count). The van der Waals surface area contributed by atoms with Crippen LogP contribution in [0.5, 0.6) is 0 Å². The van der Waals surface area contributed by atoms with Crippen LogP contribution in [0.4, 0.5) is 0 Å². The Balaban J connectivity index is -0.00000000500. The van der Waals surface area contributed by atoms with Crippen LogP contribution in [0.3, 0.4) is 0 Å². The minimum absolute atomic E-state index is 0. The summed E-state index contributed by atoms with van der Waals surface area (Å²) in [6.45, 7) is 4.00. The molecular weight excluding hydrogens is 433 g/mol. The standard InChI is InChI=1S/C2H6.2Tl/c1-2;;/h1-2H3;;. The smallest absolute Gasteiger partial charge is 0 e. The molecule has 0 aliphatic carbocycles. The molecule has 0 fully saturated rings. The van der Waals surface area contributed by atoms with Gasteiger partial charge in [-0.3, -0.25) is 0 Å². The fourth-order valence-corrected chi connectivity index (χ4v) is 0. The van der Waals surface area contributed by atoms with Crippen LogP contribution in [0.25, 0.3) is 0 Å². The summed E-state index contributed by atoms with van der Waals surface area (Å²) in [7, 11) is 0. The maximum absolute atomic E-state index is 2.00. The van der Waals surface area contributed by atoms with Crippen molar-refractivity contribution in [3.05, 3.63) is 0 Å². The van der Waals surface area contributed by atoms with E-state index >= 15 is 0 Å². The van der Waals surface area contributed by atoms with E-state index in [1.807, 2.05) is 13.8 Å². The Labute approximate surface area is 67.7 Å². The molecule has 0 bridgehead atoms. The van der Waals surface area contributed by atoms with Crippen molar-refractivity contribution in [2.75, 3.05) is 0 Å². The minimum Gasteiger partial charge on any atom is -0.0683 e. The van der Waals surface area contributed by atoms with Gasteiger partial charge in [0, 0.05) is 54.6 Å². The summed E-state index contributed by atoms with van der Waals surface area (Å²) < 4.78 is 0. The Hall–Kier alpha value is 1.84. The van der Waals surface area contributed by atoms with Crippen molar-refractivity contribution < 1.29 is 0 Å². The van der Waals surface area contributed by atoms with E-state index in [2.05, 4.69) is 0 Å². The molecule has 0 aliphatic heterocycles. The topological polar surface area (TPSA) is 0 Å². The Morgan fingerprint density at radius 3 is 0.750 bits per heavy atom. The molecule has 0 aromatic carbocycles. The van der Waals surface area contributed by atoms with Gasteiger partial charge >= 0.3 is 0 Å². The molecule has 2 radical (unpaired) electrons. The van der Waals surface area contributed by atoms with Gasteiger partial charge in [0.15, 0.2) is 0 Å². The first kappa shape index (κ1) is 17.0. The third kappa shape index (κ3) is 9.14. The Bertz CT molecular complexity index is 4.00. The normalized spacial score (nSPS) is 1.50. The number of hydrogen-bond acceptors (Lipinski definition) is 0. The third-order valence-electron chi connectivity index (χ3n) is 0. The summed E-state index contributed by atoms with van der Waals surface area (Å²) in [5, 5.41) is 0. The minimum atomic E-state index is 0. The molecule has 4 heavy (non-hydrogen) atoms. The van der Waals surface area contributed by atoms with Crippen LogP contribution in [0.15, 0.2) is 0 Å².